The lowest BCUT2D eigenvalue weighted by molar-refractivity contribution is -0.0524. The van der Waals surface area contributed by atoms with Crippen molar-refractivity contribution < 1.29 is 9.47 Å². The van der Waals surface area contributed by atoms with Crippen LogP contribution in [-0.4, -0.2) is 43.9 Å². The summed E-state index contributed by atoms with van der Waals surface area (Å²) in [5, 5.41) is 8.85. The van der Waals surface area contributed by atoms with E-state index in [9.17, 15) is 0 Å². The molecule has 1 aliphatic heterocycles. The zero-order valence-corrected chi connectivity index (χ0v) is 12.3. The minimum Gasteiger partial charge on any atom is -0.492 e. The molecule has 4 nitrogen and oxygen atoms in total. The van der Waals surface area contributed by atoms with Crippen LogP contribution >= 0.6 is 0 Å². The Kier molecular flexibility index (Phi) is 4.99. The zero-order chi connectivity index (χ0) is 14.4. The molecule has 0 amide bonds. The molecule has 1 saturated heterocycles. The van der Waals surface area contributed by atoms with Crippen LogP contribution in [0.3, 0.4) is 0 Å². The van der Waals surface area contributed by atoms with E-state index in [2.05, 4.69) is 17.9 Å². The average molecular weight is 274 g/mol. The molecule has 0 radical (unpaired) electrons. The third kappa shape index (κ3) is 3.96. The highest BCUT2D eigenvalue weighted by Gasteiger charge is 2.30. The maximum Gasteiger partial charge on any atom is 0.120 e. The molecule has 0 aliphatic carbocycles. The second kappa shape index (κ2) is 6.74. The Labute approximate surface area is 120 Å². The van der Waals surface area contributed by atoms with Gasteiger partial charge in [0.2, 0.25) is 0 Å². The van der Waals surface area contributed by atoms with E-state index >= 15 is 0 Å². The highest BCUT2D eigenvalue weighted by Crippen LogP contribution is 2.23. The number of hydrogen-bond donors (Lipinski definition) is 0. The van der Waals surface area contributed by atoms with Crippen LogP contribution in [0.5, 0.6) is 5.75 Å². The van der Waals surface area contributed by atoms with Crippen molar-refractivity contribution in [3.05, 3.63) is 29.8 Å². The number of methoxy groups -OCH3 is 1. The van der Waals surface area contributed by atoms with Gasteiger partial charge in [-0.25, -0.2) is 0 Å². The number of rotatable bonds is 5. The molecular weight excluding hydrogens is 252 g/mol. The van der Waals surface area contributed by atoms with Crippen LogP contribution in [0.15, 0.2) is 24.3 Å². The van der Waals surface area contributed by atoms with Crippen molar-refractivity contribution in [2.24, 2.45) is 0 Å². The largest absolute Gasteiger partial charge is 0.492 e. The normalized spacial score (nSPS) is 23.2. The van der Waals surface area contributed by atoms with Crippen LogP contribution in [0.1, 0.15) is 25.3 Å². The molecule has 0 bridgehead atoms. The van der Waals surface area contributed by atoms with Crippen LogP contribution in [-0.2, 0) is 4.74 Å². The van der Waals surface area contributed by atoms with Crippen molar-refractivity contribution in [1.82, 2.24) is 4.90 Å². The van der Waals surface area contributed by atoms with Crippen molar-refractivity contribution >= 4 is 0 Å². The molecule has 0 spiro atoms. The lowest BCUT2D eigenvalue weighted by Gasteiger charge is -2.39. The lowest BCUT2D eigenvalue weighted by Crippen LogP contribution is -2.48. The van der Waals surface area contributed by atoms with E-state index in [0.717, 1.165) is 38.2 Å². The summed E-state index contributed by atoms with van der Waals surface area (Å²) in [5.74, 6) is 0.760. The van der Waals surface area contributed by atoms with Crippen molar-refractivity contribution in [1.29, 1.82) is 5.26 Å². The van der Waals surface area contributed by atoms with Gasteiger partial charge in [0.1, 0.15) is 12.4 Å². The van der Waals surface area contributed by atoms with Crippen LogP contribution in [0.2, 0.25) is 0 Å². The molecule has 1 aliphatic rings. The first-order valence-electron chi connectivity index (χ1n) is 7.06. The summed E-state index contributed by atoms with van der Waals surface area (Å²) in [4.78, 5) is 2.38. The molecule has 1 atom stereocenters. The molecule has 2 rings (SSSR count). The van der Waals surface area contributed by atoms with E-state index in [1.54, 1.807) is 19.2 Å². The summed E-state index contributed by atoms with van der Waals surface area (Å²) in [6.45, 7) is 5.73. The van der Waals surface area contributed by atoms with E-state index in [0.29, 0.717) is 12.2 Å². The van der Waals surface area contributed by atoms with Gasteiger partial charge in [-0.3, -0.25) is 4.90 Å². The molecule has 108 valence electrons. The zero-order valence-electron chi connectivity index (χ0n) is 12.3. The topological polar surface area (TPSA) is 45.5 Å². The van der Waals surface area contributed by atoms with Crippen LogP contribution in [0.4, 0.5) is 0 Å². The van der Waals surface area contributed by atoms with Crippen molar-refractivity contribution in [2.75, 3.05) is 33.4 Å². The summed E-state index contributed by atoms with van der Waals surface area (Å²) < 4.78 is 11.3. The van der Waals surface area contributed by atoms with E-state index in [-0.39, 0.29) is 5.60 Å². The van der Waals surface area contributed by atoms with Crippen LogP contribution < -0.4 is 4.74 Å². The number of ether oxygens (including phenoxy) is 2. The summed E-state index contributed by atoms with van der Waals surface area (Å²) in [7, 11) is 1.79. The van der Waals surface area contributed by atoms with Gasteiger partial charge in [0.15, 0.2) is 0 Å². The Balaban J connectivity index is 1.79. The van der Waals surface area contributed by atoms with E-state index in [1.165, 1.54) is 0 Å². The first kappa shape index (κ1) is 14.8. The molecule has 1 aromatic rings. The molecule has 1 fully saturated rings. The van der Waals surface area contributed by atoms with Crippen molar-refractivity contribution in [2.45, 2.75) is 25.4 Å². The van der Waals surface area contributed by atoms with Gasteiger partial charge in [0.25, 0.3) is 0 Å². The Bertz CT molecular complexity index is 484. The molecule has 4 heteroatoms. The van der Waals surface area contributed by atoms with Gasteiger partial charge < -0.3 is 9.47 Å². The summed E-state index contributed by atoms with van der Waals surface area (Å²) in [6, 6.07) is 9.40. The number of nitriles is 1. The maximum absolute atomic E-state index is 8.85. The molecule has 1 aromatic carbocycles. The predicted octanol–water partition coefficient (Wildman–Crippen LogP) is 2.44. The monoisotopic (exact) mass is 274 g/mol. The Morgan fingerprint density at radius 2 is 2.30 bits per heavy atom. The molecule has 0 N–H and O–H groups in total. The van der Waals surface area contributed by atoms with Crippen LogP contribution in [0, 0.1) is 11.3 Å². The Morgan fingerprint density at radius 3 is 3.05 bits per heavy atom. The third-order valence-corrected chi connectivity index (χ3v) is 3.87. The summed E-state index contributed by atoms with van der Waals surface area (Å²) in [6.07, 6.45) is 2.28. The number of benzene rings is 1. The fourth-order valence-electron chi connectivity index (χ4n) is 2.61. The Morgan fingerprint density at radius 1 is 1.45 bits per heavy atom. The first-order valence-corrected chi connectivity index (χ1v) is 7.06. The van der Waals surface area contributed by atoms with E-state index in [4.69, 9.17) is 14.7 Å². The maximum atomic E-state index is 8.85. The molecule has 0 saturated carbocycles. The molecule has 20 heavy (non-hydrogen) atoms. The molecule has 1 unspecified atom stereocenters. The fourth-order valence-corrected chi connectivity index (χ4v) is 2.61. The third-order valence-electron chi connectivity index (χ3n) is 3.87. The molecule has 0 aromatic heterocycles. The Hall–Kier alpha value is -1.57. The summed E-state index contributed by atoms with van der Waals surface area (Å²) >= 11 is 0. The lowest BCUT2D eigenvalue weighted by atomic mass is 9.95. The van der Waals surface area contributed by atoms with Crippen molar-refractivity contribution in [3.63, 3.8) is 0 Å². The van der Waals surface area contributed by atoms with Crippen LogP contribution in [0.25, 0.3) is 0 Å². The first-order chi connectivity index (χ1) is 9.65. The average Bonchev–Trinajstić information content (AvgIpc) is 2.48. The van der Waals surface area contributed by atoms with E-state index < -0.39 is 0 Å². The van der Waals surface area contributed by atoms with Crippen molar-refractivity contribution in [3.8, 4) is 11.8 Å². The van der Waals surface area contributed by atoms with Gasteiger partial charge in [-0.1, -0.05) is 6.07 Å². The van der Waals surface area contributed by atoms with Gasteiger partial charge in [0.05, 0.1) is 17.2 Å². The smallest absolute Gasteiger partial charge is 0.120 e. The van der Waals surface area contributed by atoms with Gasteiger partial charge in [-0.2, -0.15) is 5.26 Å². The van der Waals surface area contributed by atoms with Gasteiger partial charge in [-0.05, 0) is 44.5 Å². The number of piperidine rings is 1. The minimum absolute atomic E-state index is 0.0288. The van der Waals surface area contributed by atoms with Gasteiger partial charge >= 0.3 is 0 Å². The fraction of sp³-hybridized carbons (Fsp3) is 0.562. The summed E-state index contributed by atoms with van der Waals surface area (Å²) in [5.41, 5.74) is 0.603. The second-order valence-corrected chi connectivity index (χ2v) is 5.52. The quantitative estimate of drug-likeness (QED) is 0.827. The van der Waals surface area contributed by atoms with Gasteiger partial charge in [-0.15, -0.1) is 0 Å². The second-order valence-electron chi connectivity index (χ2n) is 5.52. The highest BCUT2D eigenvalue weighted by atomic mass is 16.5. The number of nitrogens with zero attached hydrogens (tertiary/aromatic N) is 2. The standard InChI is InChI=1S/C16H22N2O2/c1-16(19-2)7-4-8-18(13-16)9-10-20-15-6-3-5-14(11-15)12-17/h3,5-6,11H,4,7-10,13H2,1-2H3. The minimum atomic E-state index is -0.0288. The highest BCUT2D eigenvalue weighted by molar-refractivity contribution is 5.36. The molecular formula is C16H22N2O2. The SMILES string of the molecule is COC1(C)CCCN(CCOc2cccc(C#N)c2)C1. The molecule has 1 heterocycles. The predicted molar refractivity (Wildman–Crippen MR) is 77.7 cm³/mol. The van der Waals surface area contributed by atoms with E-state index in [1.807, 2.05) is 12.1 Å². The van der Waals surface area contributed by atoms with Gasteiger partial charge in [0, 0.05) is 20.2 Å². The number of hydrogen-bond acceptors (Lipinski definition) is 4. The number of likely N-dealkylation sites (tertiary alicyclic amines) is 1.